The minimum Gasteiger partial charge on any atom is -0.463 e. The molecule has 0 radical (unpaired) electrons. The van der Waals surface area contributed by atoms with Gasteiger partial charge in [-0.3, -0.25) is 4.90 Å². The van der Waals surface area contributed by atoms with Crippen molar-refractivity contribution in [3.63, 3.8) is 0 Å². The first kappa shape index (κ1) is 13.6. The molecule has 1 fully saturated rings. The predicted octanol–water partition coefficient (Wildman–Crippen LogP) is 1.91. The number of furan rings is 1. The number of hydrogen-bond donors (Lipinski definition) is 1. The summed E-state index contributed by atoms with van der Waals surface area (Å²) in [4.78, 5) is 2.33. The molecule has 1 aromatic rings. The van der Waals surface area contributed by atoms with Gasteiger partial charge in [0.25, 0.3) is 0 Å². The minimum atomic E-state index is 0.482. The molecular formula is C14H24N2O2. The number of hydrogen-bond acceptors (Lipinski definition) is 4. The molecule has 4 nitrogen and oxygen atoms in total. The average molecular weight is 252 g/mol. The van der Waals surface area contributed by atoms with E-state index < -0.39 is 0 Å². The van der Waals surface area contributed by atoms with E-state index in [9.17, 15) is 0 Å². The van der Waals surface area contributed by atoms with Gasteiger partial charge in [-0.15, -0.1) is 0 Å². The Hall–Kier alpha value is -0.840. The van der Waals surface area contributed by atoms with Gasteiger partial charge >= 0.3 is 0 Å². The lowest BCUT2D eigenvalue weighted by Crippen LogP contribution is -2.29. The van der Waals surface area contributed by atoms with E-state index in [1.807, 2.05) is 6.92 Å². The smallest absolute Gasteiger partial charge is 0.120 e. The summed E-state index contributed by atoms with van der Waals surface area (Å²) in [7, 11) is 2.15. The molecule has 4 heteroatoms. The van der Waals surface area contributed by atoms with Crippen molar-refractivity contribution in [1.29, 1.82) is 0 Å². The van der Waals surface area contributed by atoms with Gasteiger partial charge in [0, 0.05) is 19.8 Å². The zero-order valence-corrected chi connectivity index (χ0v) is 11.4. The van der Waals surface area contributed by atoms with Crippen LogP contribution in [0.2, 0.25) is 0 Å². The molecule has 0 bridgehead atoms. The van der Waals surface area contributed by atoms with Crippen molar-refractivity contribution in [3.8, 4) is 0 Å². The van der Waals surface area contributed by atoms with Crippen LogP contribution in [0.5, 0.6) is 0 Å². The normalized spacial score (nSPS) is 17.6. The van der Waals surface area contributed by atoms with Crippen LogP contribution in [0.1, 0.15) is 29.9 Å². The quantitative estimate of drug-likeness (QED) is 0.869. The zero-order chi connectivity index (χ0) is 13.0. The lowest BCUT2D eigenvalue weighted by molar-refractivity contribution is 0.0542. The third kappa shape index (κ3) is 3.57. The maximum Gasteiger partial charge on any atom is 0.120 e. The van der Waals surface area contributed by atoms with Gasteiger partial charge in [0.2, 0.25) is 0 Å². The minimum absolute atomic E-state index is 0.482. The van der Waals surface area contributed by atoms with E-state index in [0.717, 1.165) is 49.3 Å². The first-order chi connectivity index (χ1) is 8.69. The Morgan fingerprint density at radius 3 is 2.72 bits per heavy atom. The van der Waals surface area contributed by atoms with Crippen molar-refractivity contribution in [1.82, 2.24) is 4.90 Å². The van der Waals surface area contributed by atoms with Gasteiger partial charge in [0.1, 0.15) is 11.5 Å². The Morgan fingerprint density at radius 2 is 2.11 bits per heavy atom. The standard InChI is InChI=1S/C14H24N2O2/c1-11-7-13(18-14(11)8-15)10-16(2)9-12-3-5-17-6-4-12/h7,12H,3-6,8-10,15H2,1-2H3. The molecule has 1 aromatic heterocycles. The van der Waals surface area contributed by atoms with Gasteiger partial charge in [-0.1, -0.05) is 0 Å². The molecule has 2 N–H and O–H groups in total. The van der Waals surface area contributed by atoms with Crippen molar-refractivity contribution in [2.75, 3.05) is 26.8 Å². The molecular weight excluding hydrogens is 228 g/mol. The average Bonchev–Trinajstić information content (AvgIpc) is 2.70. The van der Waals surface area contributed by atoms with Gasteiger partial charge in [-0.25, -0.2) is 0 Å². The van der Waals surface area contributed by atoms with Crippen LogP contribution < -0.4 is 5.73 Å². The van der Waals surface area contributed by atoms with Crippen molar-refractivity contribution < 1.29 is 9.15 Å². The van der Waals surface area contributed by atoms with Crippen LogP contribution in [0.15, 0.2) is 10.5 Å². The molecule has 1 aliphatic heterocycles. The predicted molar refractivity (Wildman–Crippen MR) is 71.2 cm³/mol. The summed E-state index contributed by atoms with van der Waals surface area (Å²) in [5.41, 5.74) is 6.78. The number of nitrogens with two attached hydrogens (primary N) is 1. The van der Waals surface area contributed by atoms with Gasteiger partial charge in [-0.2, -0.15) is 0 Å². The summed E-state index contributed by atoms with van der Waals surface area (Å²) < 4.78 is 11.1. The van der Waals surface area contributed by atoms with Crippen LogP contribution in [-0.2, 0) is 17.8 Å². The molecule has 0 amide bonds. The highest BCUT2D eigenvalue weighted by Crippen LogP contribution is 2.19. The fraction of sp³-hybridized carbons (Fsp3) is 0.714. The van der Waals surface area contributed by atoms with Crippen LogP contribution in [-0.4, -0.2) is 31.7 Å². The molecule has 2 rings (SSSR count). The van der Waals surface area contributed by atoms with E-state index in [2.05, 4.69) is 18.0 Å². The second-order valence-electron chi connectivity index (χ2n) is 5.28. The molecule has 0 spiro atoms. The highest BCUT2D eigenvalue weighted by atomic mass is 16.5. The highest BCUT2D eigenvalue weighted by Gasteiger charge is 2.16. The zero-order valence-electron chi connectivity index (χ0n) is 11.4. The Balaban J connectivity index is 1.83. The maximum atomic E-state index is 5.73. The molecule has 1 aliphatic rings. The topological polar surface area (TPSA) is 51.6 Å². The lowest BCUT2D eigenvalue weighted by atomic mass is 10.00. The number of aryl methyl sites for hydroxylation is 1. The Kier molecular flexibility index (Phi) is 4.80. The fourth-order valence-corrected chi connectivity index (χ4v) is 2.57. The van der Waals surface area contributed by atoms with Gasteiger partial charge in [0.05, 0.1) is 13.1 Å². The van der Waals surface area contributed by atoms with Crippen molar-refractivity contribution >= 4 is 0 Å². The molecule has 0 aromatic carbocycles. The molecule has 102 valence electrons. The lowest BCUT2D eigenvalue weighted by Gasteiger charge is -2.26. The van der Waals surface area contributed by atoms with Crippen LogP contribution in [0, 0.1) is 12.8 Å². The fourth-order valence-electron chi connectivity index (χ4n) is 2.57. The summed E-state index contributed by atoms with van der Waals surface area (Å²) in [5.74, 6) is 2.68. The first-order valence-corrected chi connectivity index (χ1v) is 6.73. The Morgan fingerprint density at radius 1 is 1.39 bits per heavy atom. The van der Waals surface area contributed by atoms with Crippen LogP contribution in [0.25, 0.3) is 0 Å². The summed E-state index contributed by atoms with van der Waals surface area (Å²) in [6.07, 6.45) is 2.35. The monoisotopic (exact) mass is 252 g/mol. The molecule has 0 unspecified atom stereocenters. The molecule has 2 heterocycles. The van der Waals surface area contributed by atoms with Crippen molar-refractivity contribution in [2.45, 2.75) is 32.9 Å². The summed E-state index contributed by atoms with van der Waals surface area (Å²) in [6.45, 7) is 6.33. The van der Waals surface area contributed by atoms with Crippen molar-refractivity contribution in [3.05, 3.63) is 23.2 Å². The highest BCUT2D eigenvalue weighted by molar-refractivity contribution is 5.19. The number of nitrogens with zero attached hydrogens (tertiary/aromatic N) is 1. The Bertz CT molecular complexity index is 370. The van der Waals surface area contributed by atoms with Crippen LogP contribution in [0.4, 0.5) is 0 Å². The van der Waals surface area contributed by atoms with E-state index in [4.69, 9.17) is 14.9 Å². The van der Waals surface area contributed by atoms with Gasteiger partial charge in [0.15, 0.2) is 0 Å². The van der Waals surface area contributed by atoms with E-state index in [-0.39, 0.29) is 0 Å². The SMILES string of the molecule is Cc1cc(CN(C)CC2CCOCC2)oc1CN. The molecule has 0 saturated carbocycles. The number of ether oxygens (including phenoxy) is 1. The van der Waals surface area contributed by atoms with Gasteiger partial charge < -0.3 is 14.9 Å². The largest absolute Gasteiger partial charge is 0.463 e. The summed E-state index contributed by atoms with van der Waals surface area (Å²) >= 11 is 0. The molecule has 0 atom stereocenters. The van der Waals surface area contributed by atoms with E-state index in [1.54, 1.807) is 0 Å². The van der Waals surface area contributed by atoms with E-state index in [1.165, 1.54) is 12.8 Å². The van der Waals surface area contributed by atoms with E-state index >= 15 is 0 Å². The Labute approximate surface area is 109 Å². The first-order valence-electron chi connectivity index (χ1n) is 6.73. The summed E-state index contributed by atoms with van der Waals surface area (Å²) in [6, 6.07) is 2.10. The molecule has 18 heavy (non-hydrogen) atoms. The maximum absolute atomic E-state index is 5.73. The molecule has 1 saturated heterocycles. The van der Waals surface area contributed by atoms with Gasteiger partial charge in [-0.05, 0) is 44.4 Å². The van der Waals surface area contributed by atoms with E-state index in [0.29, 0.717) is 6.54 Å². The van der Waals surface area contributed by atoms with Crippen molar-refractivity contribution in [2.24, 2.45) is 11.7 Å². The second kappa shape index (κ2) is 6.36. The third-order valence-corrected chi connectivity index (χ3v) is 3.59. The second-order valence-corrected chi connectivity index (χ2v) is 5.28. The molecule has 0 aliphatic carbocycles. The third-order valence-electron chi connectivity index (χ3n) is 3.59. The summed E-state index contributed by atoms with van der Waals surface area (Å²) in [5, 5.41) is 0. The van der Waals surface area contributed by atoms with Crippen LogP contribution in [0.3, 0.4) is 0 Å². The van der Waals surface area contributed by atoms with Crippen LogP contribution >= 0.6 is 0 Å². The number of rotatable bonds is 5.